The summed E-state index contributed by atoms with van der Waals surface area (Å²) in [6.07, 6.45) is 2.39. The number of hydrogen-bond donors (Lipinski definition) is 1. The molecule has 0 radical (unpaired) electrons. The predicted octanol–water partition coefficient (Wildman–Crippen LogP) is 2.76. The molecule has 106 valence electrons. The molecule has 0 spiro atoms. The van der Waals surface area contributed by atoms with Gasteiger partial charge in [0.1, 0.15) is 11.1 Å². The number of thioether (sulfide) groups is 1. The van der Waals surface area contributed by atoms with Gasteiger partial charge in [0, 0.05) is 11.9 Å². The van der Waals surface area contributed by atoms with Gasteiger partial charge in [-0.1, -0.05) is 18.5 Å². The summed E-state index contributed by atoms with van der Waals surface area (Å²) in [6, 6.07) is 3.34. The lowest BCUT2D eigenvalue weighted by atomic mass is 10.2. The van der Waals surface area contributed by atoms with E-state index < -0.39 is 0 Å². The number of ether oxygens (including phenoxy) is 1. The molecule has 1 aromatic heterocycles. The largest absolute Gasteiger partial charge is 0.465 e. The first kappa shape index (κ1) is 16.3. The summed E-state index contributed by atoms with van der Waals surface area (Å²) in [4.78, 5) is 15.9. The monoisotopic (exact) mass is 302 g/mol. The zero-order valence-electron chi connectivity index (χ0n) is 11.2. The average Bonchev–Trinajstić information content (AvgIpc) is 2.40. The van der Waals surface area contributed by atoms with E-state index >= 15 is 0 Å². The van der Waals surface area contributed by atoms with Gasteiger partial charge in [-0.2, -0.15) is 0 Å². The van der Waals surface area contributed by atoms with E-state index in [1.54, 1.807) is 24.0 Å². The molecule has 0 saturated heterocycles. The van der Waals surface area contributed by atoms with E-state index in [4.69, 9.17) is 16.3 Å². The topological polar surface area (TPSA) is 51.2 Å². The van der Waals surface area contributed by atoms with Crippen LogP contribution in [-0.4, -0.2) is 35.9 Å². The fourth-order valence-electron chi connectivity index (χ4n) is 1.54. The molecule has 0 aromatic carbocycles. The van der Waals surface area contributed by atoms with Crippen molar-refractivity contribution in [1.82, 2.24) is 10.3 Å². The highest BCUT2D eigenvalue weighted by Crippen LogP contribution is 2.24. The Kier molecular flexibility index (Phi) is 7.86. The lowest BCUT2D eigenvalue weighted by Gasteiger charge is -2.15. The second-order valence-electron chi connectivity index (χ2n) is 3.79. The molecule has 1 heterocycles. The molecule has 0 aliphatic rings. The number of carbonyl (C=O) groups is 1. The third kappa shape index (κ3) is 5.80. The summed E-state index contributed by atoms with van der Waals surface area (Å²) in [5.41, 5.74) is 0. The number of carbonyl (C=O) groups excluding carboxylic acids is 1. The lowest BCUT2D eigenvalue weighted by Crippen LogP contribution is -2.38. The molecule has 0 bridgehead atoms. The maximum Gasteiger partial charge on any atom is 0.323 e. The summed E-state index contributed by atoms with van der Waals surface area (Å²) in [6.45, 7) is 4.91. The second kappa shape index (κ2) is 9.18. The molecule has 0 fully saturated rings. The van der Waals surface area contributed by atoms with Crippen LogP contribution in [0.15, 0.2) is 23.4 Å². The summed E-state index contributed by atoms with van der Waals surface area (Å²) in [5.74, 6) is 0.560. The minimum absolute atomic E-state index is 0.197. The van der Waals surface area contributed by atoms with E-state index in [9.17, 15) is 4.79 Å². The Hall–Kier alpha value is -0.780. The Labute approximate surface area is 123 Å². The Bertz CT molecular complexity index is 404. The molecule has 19 heavy (non-hydrogen) atoms. The highest BCUT2D eigenvalue weighted by molar-refractivity contribution is 7.99. The van der Waals surface area contributed by atoms with Gasteiger partial charge in [0.25, 0.3) is 0 Å². The first-order valence-electron chi connectivity index (χ1n) is 6.32. The zero-order chi connectivity index (χ0) is 14.1. The number of nitrogens with zero attached hydrogens (tertiary/aromatic N) is 1. The maximum absolute atomic E-state index is 11.7. The third-order valence-corrected chi connectivity index (χ3v) is 3.85. The van der Waals surface area contributed by atoms with Gasteiger partial charge in [-0.05, 0) is 32.0 Å². The van der Waals surface area contributed by atoms with Crippen LogP contribution in [0, 0.1) is 0 Å². The van der Waals surface area contributed by atoms with Crippen LogP contribution < -0.4 is 5.32 Å². The molecule has 0 saturated carbocycles. The third-order valence-electron chi connectivity index (χ3n) is 2.39. The number of hydrogen-bond acceptors (Lipinski definition) is 5. The summed E-state index contributed by atoms with van der Waals surface area (Å²) >= 11 is 7.57. The quantitative estimate of drug-likeness (QED) is 0.591. The molecular weight excluding hydrogens is 284 g/mol. The Balaban J connectivity index is 2.44. The Morgan fingerprint density at radius 1 is 1.58 bits per heavy atom. The number of esters is 1. The van der Waals surface area contributed by atoms with Crippen molar-refractivity contribution in [3.63, 3.8) is 0 Å². The molecule has 0 amide bonds. The SMILES string of the molecule is CCNC(CCSc1ncccc1Cl)C(=O)OCC. The number of likely N-dealkylation sites (N-methyl/N-ethyl adjacent to an activating group) is 1. The average molecular weight is 303 g/mol. The summed E-state index contributed by atoms with van der Waals surface area (Å²) in [7, 11) is 0. The van der Waals surface area contributed by atoms with Crippen LogP contribution in [-0.2, 0) is 9.53 Å². The Morgan fingerprint density at radius 2 is 2.37 bits per heavy atom. The fourth-order valence-corrected chi connectivity index (χ4v) is 2.72. The molecule has 4 nitrogen and oxygen atoms in total. The molecular formula is C13H19ClN2O2S. The molecule has 0 aliphatic heterocycles. The summed E-state index contributed by atoms with van der Waals surface area (Å²) < 4.78 is 5.03. The molecule has 1 rings (SSSR count). The van der Waals surface area contributed by atoms with Crippen LogP contribution in [0.3, 0.4) is 0 Å². The van der Waals surface area contributed by atoms with Crippen molar-refractivity contribution in [2.75, 3.05) is 18.9 Å². The minimum atomic E-state index is -0.264. The van der Waals surface area contributed by atoms with Crippen molar-refractivity contribution in [2.24, 2.45) is 0 Å². The van der Waals surface area contributed by atoms with E-state index in [0.29, 0.717) is 18.1 Å². The standard InChI is InChI=1S/C13H19ClN2O2S/c1-3-15-11(13(17)18-4-2)7-9-19-12-10(14)6-5-8-16-12/h5-6,8,11,15H,3-4,7,9H2,1-2H3. The van der Waals surface area contributed by atoms with Gasteiger partial charge >= 0.3 is 5.97 Å². The van der Waals surface area contributed by atoms with Gasteiger partial charge < -0.3 is 10.1 Å². The molecule has 1 N–H and O–H groups in total. The highest BCUT2D eigenvalue weighted by atomic mass is 35.5. The van der Waals surface area contributed by atoms with Gasteiger partial charge in [0.15, 0.2) is 0 Å². The number of halogens is 1. The van der Waals surface area contributed by atoms with Gasteiger partial charge in [-0.25, -0.2) is 4.98 Å². The van der Waals surface area contributed by atoms with E-state index in [1.807, 2.05) is 19.9 Å². The zero-order valence-corrected chi connectivity index (χ0v) is 12.8. The van der Waals surface area contributed by atoms with Gasteiger partial charge in [0.05, 0.1) is 11.6 Å². The second-order valence-corrected chi connectivity index (χ2v) is 5.28. The van der Waals surface area contributed by atoms with Crippen LogP contribution in [0.4, 0.5) is 0 Å². The first-order chi connectivity index (χ1) is 9.19. The van der Waals surface area contributed by atoms with Crippen LogP contribution in [0.5, 0.6) is 0 Å². The smallest absolute Gasteiger partial charge is 0.323 e. The van der Waals surface area contributed by atoms with E-state index in [1.165, 1.54) is 0 Å². The van der Waals surface area contributed by atoms with E-state index in [2.05, 4.69) is 10.3 Å². The van der Waals surface area contributed by atoms with Crippen molar-refractivity contribution in [1.29, 1.82) is 0 Å². The van der Waals surface area contributed by atoms with Gasteiger partial charge in [0.2, 0.25) is 0 Å². The molecule has 1 aromatic rings. The number of nitrogens with one attached hydrogen (secondary N) is 1. The number of aromatic nitrogens is 1. The van der Waals surface area contributed by atoms with Crippen molar-refractivity contribution in [3.05, 3.63) is 23.4 Å². The van der Waals surface area contributed by atoms with Crippen LogP contribution in [0.25, 0.3) is 0 Å². The van der Waals surface area contributed by atoms with Crippen LogP contribution >= 0.6 is 23.4 Å². The molecule has 1 unspecified atom stereocenters. The van der Waals surface area contributed by atoms with Crippen LogP contribution in [0.2, 0.25) is 5.02 Å². The predicted molar refractivity (Wildman–Crippen MR) is 78.7 cm³/mol. The number of pyridine rings is 1. The molecule has 0 aliphatic carbocycles. The molecule has 6 heteroatoms. The normalized spacial score (nSPS) is 12.2. The van der Waals surface area contributed by atoms with Crippen molar-refractivity contribution >= 4 is 29.3 Å². The maximum atomic E-state index is 11.7. The van der Waals surface area contributed by atoms with Gasteiger partial charge in [-0.15, -0.1) is 11.8 Å². The molecule has 1 atom stereocenters. The van der Waals surface area contributed by atoms with Crippen molar-refractivity contribution in [3.8, 4) is 0 Å². The minimum Gasteiger partial charge on any atom is -0.465 e. The van der Waals surface area contributed by atoms with E-state index in [0.717, 1.165) is 17.3 Å². The number of rotatable bonds is 8. The van der Waals surface area contributed by atoms with Crippen molar-refractivity contribution < 1.29 is 9.53 Å². The van der Waals surface area contributed by atoms with Crippen molar-refractivity contribution in [2.45, 2.75) is 31.3 Å². The Morgan fingerprint density at radius 3 is 3.00 bits per heavy atom. The van der Waals surface area contributed by atoms with E-state index in [-0.39, 0.29) is 12.0 Å². The first-order valence-corrected chi connectivity index (χ1v) is 7.68. The fraction of sp³-hybridized carbons (Fsp3) is 0.538. The lowest BCUT2D eigenvalue weighted by molar-refractivity contribution is -0.145. The summed E-state index contributed by atoms with van der Waals surface area (Å²) in [5, 5.41) is 4.56. The van der Waals surface area contributed by atoms with Gasteiger partial charge in [-0.3, -0.25) is 4.79 Å². The van der Waals surface area contributed by atoms with Crippen LogP contribution in [0.1, 0.15) is 20.3 Å². The highest BCUT2D eigenvalue weighted by Gasteiger charge is 2.18.